The topological polar surface area (TPSA) is 64.6 Å². The zero-order chi connectivity index (χ0) is 21.9. The summed E-state index contributed by atoms with van der Waals surface area (Å²) in [6.45, 7) is 1.63. The maximum atomic E-state index is 12.7. The Kier molecular flexibility index (Phi) is 7.84. The van der Waals surface area contributed by atoms with E-state index < -0.39 is 12.0 Å². The van der Waals surface area contributed by atoms with Crippen molar-refractivity contribution < 1.29 is 19.1 Å². The highest BCUT2D eigenvalue weighted by Crippen LogP contribution is 2.26. The van der Waals surface area contributed by atoms with Gasteiger partial charge in [-0.2, -0.15) is 0 Å². The number of rotatable bonds is 8. The number of esters is 1. The maximum absolute atomic E-state index is 12.7. The molecular formula is C26H23NO4. The normalized spacial score (nSPS) is 10.9. The van der Waals surface area contributed by atoms with Crippen molar-refractivity contribution in [3.63, 3.8) is 0 Å². The smallest absolute Gasteiger partial charge is 0.329 e. The summed E-state index contributed by atoms with van der Waals surface area (Å²) in [5.41, 5.74) is 1.23. The predicted octanol–water partition coefficient (Wildman–Crippen LogP) is 4.39. The molecule has 3 aromatic carbocycles. The fourth-order valence-corrected chi connectivity index (χ4v) is 2.91. The first-order chi connectivity index (χ1) is 15.2. The molecule has 1 amide bonds. The van der Waals surface area contributed by atoms with Crippen molar-refractivity contribution in [2.45, 2.75) is 19.4 Å². The van der Waals surface area contributed by atoms with Gasteiger partial charge < -0.3 is 14.8 Å². The Balaban J connectivity index is 1.81. The van der Waals surface area contributed by atoms with Gasteiger partial charge in [-0.25, -0.2) is 4.79 Å². The van der Waals surface area contributed by atoms with Crippen LogP contribution in [0.4, 0.5) is 0 Å². The molecule has 0 aliphatic carbocycles. The molecule has 0 aliphatic heterocycles. The van der Waals surface area contributed by atoms with Crippen LogP contribution in [0.5, 0.6) is 11.5 Å². The van der Waals surface area contributed by atoms with E-state index in [9.17, 15) is 9.59 Å². The summed E-state index contributed by atoms with van der Waals surface area (Å²) in [4.78, 5) is 25.4. The second-order valence-corrected chi connectivity index (χ2v) is 6.65. The first kappa shape index (κ1) is 21.7. The zero-order valence-corrected chi connectivity index (χ0v) is 17.2. The third kappa shape index (κ3) is 6.48. The number of carbonyl (C=O) groups is 2. The lowest BCUT2D eigenvalue weighted by Crippen LogP contribution is -2.43. The number of para-hydroxylation sites is 2. The molecule has 1 N–H and O–H groups in total. The van der Waals surface area contributed by atoms with Gasteiger partial charge in [-0.3, -0.25) is 4.79 Å². The summed E-state index contributed by atoms with van der Waals surface area (Å²) in [6.07, 6.45) is 0.208. The Hall–Kier alpha value is -4.04. The van der Waals surface area contributed by atoms with E-state index >= 15 is 0 Å². The molecule has 1 unspecified atom stereocenters. The van der Waals surface area contributed by atoms with E-state index in [-0.39, 0.29) is 18.9 Å². The van der Waals surface area contributed by atoms with Gasteiger partial charge in [-0.15, -0.1) is 5.92 Å². The molecular weight excluding hydrogens is 390 g/mol. The van der Waals surface area contributed by atoms with Gasteiger partial charge in [-0.05, 0) is 42.8 Å². The summed E-state index contributed by atoms with van der Waals surface area (Å²) in [6, 6.07) is 24.6. The van der Waals surface area contributed by atoms with Gasteiger partial charge in [-0.1, -0.05) is 60.5 Å². The van der Waals surface area contributed by atoms with Gasteiger partial charge >= 0.3 is 5.97 Å². The Morgan fingerprint density at radius 1 is 0.903 bits per heavy atom. The molecule has 31 heavy (non-hydrogen) atoms. The van der Waals surface area contributed by atoms with Gasteiger partial charge in [0.25, 0.3) is 5.91 Å². The number of hydrogen-bond donors (Lipinski definition) is 1. The average molecular weight is 413 g/mol. The summed E-state index contributed by atoms with van der Waals surface area (Å²) < 4.78 is 11.2. The van der Waals surface area contributed by atoms with E-state index in [0.717, 1.165) is 5.56 Å². The van der Waals surface area contributed by atoms with Gasteiger partial charge in [0, 0.05) is 12.0 Å². The first-order valence-electron chi connectivity index (χ1n) is 9.90. The van der Waals surface area contributed by atoms with Crippen molar-refractivity contribution >= 4 is 11.9 Å². The number of carbonyl (C=O) groups excluding carboxylic acids is 2. The molecule has 5 nitrogen and oxygen atoms in total. The molecule has 3 rings (SSSR count). The minimum atomic E-state index is -0.896. The molecule has 0 fully saturated rings. The van der Waals surface area contributed by atoms with Crippen LogP contribution in [0, 0.1) is 11.8 Å². The maximum Gasteiger partial charge on any atom is 0.329 e. The Morgan fingerprint density at radius 2 is 1.55 bits per heavy atom. The minimum Gasteiger partial charge on any atom is -0.457 e. The lowest BCUT2D eigenvalue weighted by molar-refractivity contribution is -0.144. The Labute approximate surface area is 182 Å². The quantitative estimate of drug-likeness (QED) is 0.440. The van der Waals surface area contributed by atoms with Crippen LogP contribution in [-0.2, 0) is 16.0 Å². The highest BCUT2D eigenvalue weighted by atomic mass is 16.5. The van der Waals surface area contributed by atoms with Crippen LogP contribution in [0.2, 0.25) is 0 Å². The fraction of sp³-hybridized carbons (Fsp3) is 0.154. The highest BCUT2D eigenvalue weighted by molar-refractivity contribution is 5.96. The number of ether oxygens (including phenoxy) is 2. The molecule has 156 valence electrons. The van der Waals surface area contributed by atoms with Crippen LogP contribution < -0.4 is 10.1 Å². The molecule has 0 aliphatic rings. The highest BCUT2D eigenvalue weighted by Gasteiger charge is 2.24. The monoisotopic (exact) mass is 413 g/mol. The van der Waals surface area contributed by atoms with Crippen LogP contribution in [0.15, 0.2) is 84.9 Å². The largest absolute Gasteiger partial charge is 0.457 e. The van der Waals surface area contributed by atoms with Gasteiger partial charge in [0.05, 0.1) is 0 Å². The molecule has 0 heterocycles. The molecule has 0 bridgehead atoms. The van der Waals surface area contributed by atoms with Crippen LogP contribution in [0.3, 0.4) is 0 Å². The Bertz CT molecular complexity index is 1070. The van der Waals surface area contributed by atoms with Crippen LogP contribution in [-0.4, -0.2) is 24.5 Å². The van der Waals surface area contributed by atoms with Crippen LogP contribution in [0.1, 0.15) is 22.8 Å². The van der Waals surface area contributed by atoms with Crippen molar-refractivity contribution in [1.29, 1.82) is 0 Å². The van der Waals surface area contributed by atoms with Crippen LogP contribution >= 0.6 is 0 Å². The SMILES string of the molecule is CC#CCOC(=O)C(Cc1ccccc1Oc1ccccc1)NC(=O)c1ccccc1. The average Bonchev–Trinajstić information content (AvgIpc) is 2.81. The third-order valence-corrected chi connectivity index (χ3v) is 4.46. The van der Waals surface area contributed by atoms with E-state index in [1.54, 1.807) is 31.2 Å². The van der Waals surface area contributed by atoms with Gasteiger partial charge in [0.1, 0.15) is 17.5 Å². The van der Waals surface area contributed by atoms with Crippen molar-refractivity contribution in [3.05, 3.63) is 96.1 Å². The molecule has 0 saturated carbocycles. The lowest BCUT2D eigenvalue weighted by Gasteiger charge is -2.19. The first-order valence-corrected chi connectivity index (χ1v) is 9.90. The standard InChI is InChI=1S/C26H23NO4/c1-2-3-18-30-26(29)23(27-25(28)20-12-6-4-7-13-20)19-21-14-10-11-17-24(21)31-22-15-8-5-9-16-22/h4-17,23H,18-19H2,1H3,(H,27,28). The number of hydrogen-bond acceptors (Lipinski definition) is 4. The molecule has 0 aromatic heterocycles. The summed E-state index contributed by atoms with van der Waals surface area (Å²) in [7, 11) is 0. The third-order valence-electron chi connectivity index (χ3n) is 4.46. The van der Waals surface area contributed by atoms with E-state index in [2.05, 4.69) is 17.2 Å². The van der Waals surface area contributed by atoms with Crippen molar-refractivity contribution in [2.24, 2.45) is 0 Å². The van der Waals surface area contributed by atoms with Crippen LogP contribution in [0.25, 0.3) is 0 Å². The second-order valence-electron chi connectivity index (χ2n) is 6.65. The van der Waals surface area contributed by atoms with E-state index in [1.807, 2.05) is 60.7 Å². The van der Waals surface area contributed by atoms with Crippen molar-refractivity contribution in [2.75, 3.05) is 6.61 Å². The summed E-state index contributed by atoms with van der Waals surface area (Å²) >= 11 is 0. The predicted molar refractivity (Wildman–Crippen MR) is 119 cm³/mol. The number of nitrogens with one attached hydrogen (secondary N) is 1. The van der Waals surface area contributed by atoms with Gasteiger partial charge in [0.15, 0.2) is 6.61 Å². The molecule has 0 radical (unpaired) electrons. The van der Waals surface area contributed by atoms with Crippen molar-refractivity contribution in [3.8, 4) is 23.3 Å². The van der Waals surface area contributed by atoms with Crippen molar-refractivity contribution in [1.82, 2.24) is 5.32 Å². The van der Waals surface area contributed by atoms with E-state index in [0.29, 0.717) is 17.1 Å². The number of benzene rings is 3. The molecule has 0 spiro atoms. The summed E-state index contributed by atoms with van der Waals surface area (Å²) in [5.74, 6) is 5.75. The molecule has 3 aromatic rings. The number of amides is 1. The minimum absolute atomic E-state index is 0.0325. The molecule has 1 atom stereocenters. The van der Waals surface area contributed by atoms with E-state index in [4.69, 9.17) is 9.47 Å². The molecule has 5 heteroatoms. The Morgan fingerprint density at radius 3 is 2.26 bits per heavy atom. The fourth-order valence-electron chi connectivity index (χ4n) is 2.91. The lowest BCUT2D eigenvalue weighted by atomic mass is 10.0. The zero-order valence-electron chi connectivity index (χ0n) is 17.2. The summed E-state index contributed by atoms with van der Waals surface area (Å²) in [5, 5.41) is 2.78. The molecule has 0 saturated heterocycles. The van der Waals surface area contributed by atoms with E-state index in [1.165, 1.54) is 0 Å². The second kappa shape index (κ2) is 11.2. The van der Waals surface area contributed by atoms with Gasteiger partial charge in [0.2, 0.25) is 0 Å².